The molecule has 0 atom stereocenters. The minimum Gasteiger partial charge on any atom is -0.492 e. The molecular formula is C9H12N2O3. The maximum Gasteiger partial charge on any atom is 0.342 e. The molecule has 1 aromatic rings. The molecule has 0 unspecified atom stereocenters. The van der Waals surface area contributed by atoms with E-state index in [0.717, 1.165) is 0 Å². The summed E-state index contributed by atoms with van der Waals surface area (Å²) in [5.41, 5.74) is 5.82. The largest absolute Gasteiger partial charge is 0.492 e. The number of nitrogen functional groups attached to an aromatic ring is 1. The molecule has 2 N–H and O–H groups in total. The fraction of sp³-hybridized carbons (Fsp3) is 0.333. The molecule has 0 aliphatic rings. The van der Waals surface area contributed by atoms with Gasteiger partial charge in [0.05, 0.1) is 13.7 Å². The Hall–Kier alpha value is -1.78. The van der Waals surface area contributed by atoms with Crippen LogP contribution >= 0.6 is 0 Å². The van der Waals surface area contributed by atoms with Crippen LogP contribution in [0, 0.1) is 0 Å². The van der Waals surface area contributed by atoms with Gasteiger partial charge in [0.25, 0.3) is 0 Å². The molecule has 5 nitrogen and oxygen atoms in total. The molecule has 0 aromatic carbocycles. The summed E-state index contributed by atoms with van der Waals surface area (Å²) in [6.07, 6.45) is 1.43. The van der Waals surface area contributed by atoms with E-state index in [1.807, 2.05) is 0 Å². The van der Waals surface area contributed by atoms with Gasteiger partial charge in [-0.1, -0.05) is 0 Å². The molecule has 0 saturated heterocycles. The van der Waals surface area contributed by atoms with Crippen molar-refractivity contribution in [1.82, 2.24) is 4.98 Å². The number of methoxy groups -OCH3 is 1. The van der Waals surface area contributed by atoms with E-state index >= 15 is 0 Å². The molecule has 5 heteroatoms. The second-order valence-electron chi connectivity index (χ2n) is 2.50. The first kappa shape index (κ1) is 10.3. The van der Waals surface area contributed by atoms with Gasteiger partial charge in [-0.25, -0.2) is 9.78 Å². The second kappa shape index (κ2) is 4.45. The van der Waals surface area contributed by atoms with E-state index in [9.17, 15) is 4.79 Å². The summed E-state index contributed by atoms with van der Waals surface area (Å²) in [5.74, 6) is -0.0255. The predicted octanol–water partition coefficient (Wildman–Crippen LogP) is 0.849. The average molecular weight is 196 g/mol. The van der Waals surface area contributed by atoms with Gasteiger partial charge in [-0.3, -0.25) is 0 Å². The minimum atomic E-state index is -0.460. The van der Waals surface area contributed by atoms with E-state index in [2.05, 4.69) is 4.98 Å². The monoisotopic (exact) mass is 196 g/mol. The van der Waals surface area contributed by atoms with Crippen LogP contribution in [-0.2, 0) is 4.74 Å². The van der Waals surface area contributed by atoms with Crippen molar-refractivity contribution < 1.29 is 14.3 Å². The number of carbonyl (C=O) groups excluding carboxylic acids is 1. The van der Waals surface area contributed by atoms with Crippen molar-refractivity contribution in [3.8, 4) is 5.75 Å². The van der Waals surface area contributed by atoms with E-state index in [1.54, 1.807) is 6.92 Å². The number of aromatic nitrogens is 1. The van der Waals surface area contributed by atoms with Crippen LogP contribution in [0.25, 0.3) is 0 Å². The molecule has 1 aromatic heterocycles. The first-order chi connectivity index (χ1) is 6.70. The van der Waals surface area contributed by atoms with E-state index in [1.165, 1.54) is 19.4 Å². The van der Waals surface area contributed by atoms with Crippen molar-refractivity contribution in [2.45, 2.75) is 6.92 Å². The summed E-state index contributed by atoms with van der Waals surface area (Å²) in [7, 11) is 1.43. The van der Waals surface area contributed by atoms with Gasteiger partial charge >= 0.3 is 5.97 Å². The maximum absolute atomic E-state index is 11.4. The van der Waals surface area contributed by atoms with Crippen molar-refractivity contribution in [1.29, 1.82) is 0 Å². The van der Waals surface area contributed by atoms with E-state index in [4.69, 9.17) is 15.2 Å². The van der Waals surface area contributed by atoms with Crippen molar-refractivity contribution in [3.63, 3.8) is 0 Å². The number of anilines is 1. The summed E-state index contributed by atoms with van der Waals surface area (Å²) in [6, 6.07) is 1.51. The highest BCUT2D eigenvalue weighted by atomic mass is 16.5. The zero-order valence-corrected chi connectivity index (χ0v) is 8.11. The number of ether oxygens (including phenoxy) is 2. The number of nitrogens with zero attached hydrogens (tertiary/aromatic N) is 1. The lowest BCUT2D eigenvalue weighted by atomic mass is 10.2. The highest BCUT2D eigenvalue weighted by Gasteiger charge is 2.15. The van der Waals surface area contributed by atoms with Crippen LogP contribution in [0.1, 0.15) is 17.3 Å². The summed E-state index contributed by atoms with van der Waals surface area (Å²) >= 11 is 0. The molecule has 0 radical (unpaired) electrons. The van der Waals surface area contributed by atoms with Crippen LogP contribution < -0.4 is 10.5 Å². The Balaban J connectivity index is 3.07. The lowest BCUT2D eigenvalue weighted by molar-refractivity contribution is 0.0522. The third-order valence-electron chi connectivity index (χ3n) is 1.63. The SMILES string of the molecule is CCOC(=O)c1ccnc(N)c1OC. The average Bonchev–Trinajstić information content (AvgIpc) is 2.17. The number of carbonyl (C=O) groups is 1. The summed E-state index contributed by atoms with van der Waals surface area (Å²) in [5, 5.41) is 0. The summed E-state index contributed by atoms with van der Waals surface area (Å²) in [4.78, 5) is 15.2. The highest BCUT2D eigenvalue weighted by Crippen LogP contribution is 2.23. The molecule has 0 aliphatic heterocycles. The van der Waals surface area contributed by atoms with Crippen molar-refractivity contribution in [2.75, 3.05) is 19.5 Å². The van der Waals surface area contributed by atoms with Gasteiger partial charge in [0.15, 0.2) is 11.6 Å². The van der Waals surface area contributed by atoms with E-state index < -0.39 is 5.97 Å². The van der Waals surface area contributed by atoms with Gasteiger partial charge in [-0.15, -0.1) is 0 Å². The van der Waals surface area contributed by atoms with Gasteiger partial charge in [0.2, 0.25) is 0 Å². The Kier molecular flexibility index (Phi) is 3.28. The maximum atomic E-state index is 11.4. The van der Waals surface area contributed by atoms with Gasteiger partial charge in [-0.2, -0.15) is 0 Å². The van der Waals surface area contributed by atoms with Crippen LogP contribution in [-0.4, -0.2) is 24.7 Å². The fourth-order valence-electron chi connectivity index (χ4n) is 1.05. The quantitative estimate of drug-likeness (QED) is 0.725. The molecule has 0 spiro atoms. The summed E-state index contributed by atoms with van der Waals surface area (Å²) in [6.45, 7) is 2.04. The third kappa shape index (κ3) is 1.93. The van der Waals surface area contributed by atoms with Gasteiger partial charge in [-0.05, 0) is 13.0 Å². The van der Waals surface area contributed by atoms with Crippen LogP contribution in [0.3, 0.4) is 0 Å². The lowest BCUT2D eigenvalue weighted by Crippen LogP contribution is -2.08. The molecule has 0 bridgehead atoms. The molecule has 76 valence electrons. The van der Waals surface area contributed by atoms with Gasteiger partial charge < -0.3 is 15.2 Å². The Morgan fingerprint density at radius 2 is 2.36 bits per heavy atom. The molecular weight excluding hydrogens is 184 g/mol. The topological polar surface area (TPSA) is 74.4 Å². The first-order valence-electron chi connectivity index (χ1n) is 4.16. The van der Waals surface area contributed by atoms with Crippen molar-refractivity contribution >= 4 is 11.8 Å². The van der Waals surface area contributed by atoms with Gasteiger partial charge in [0.1, 0.15) is 5.56 Å². The fourth-order valence-corrected chi connectivity index (χ4v) is 1.05. The van der Waals surface area contributed by atoms with Gasteiger partial charge in [0, 0.05) is 6.20 Å². The molecule has 0 aliphatic carbocycles. The Labute approximate surface area is 81.8 Å². The third-order valence-corrected chi connectivity index (χ3v) is 1.63. The molecule has 1 heterocycles. The number of pyridine rings is 1. The molecule has 0 fully saturated rings. The van der Waals surface area contributed by atoms with Crippen molar-refractivity contribution in [2.24, 2.45) is 0 Å². The molecule has 0 amide bonds. The van der Waals surface area contributed by atoms with Crippen LogP contribution in [0.5, 0.6) is 5.75 Å². The smallest absolute Gasteiger partial charge is 0.342 e. The van der Waals surface area contributed by atoms with Crippen LogP contribution in [0.15, 0.2) is 12.3 Å². The van der Waals surface area contributed by atoms with Crippen molar-refractivity contribution in [3.05, 3.63) is 17.8 Å². The number of hydrogen-bond donors (Lipinski definition) is 1. The molecule has 1 rings (SSSR count). The minimum absolute atomic E-state index is 0.179. The number of hydrogen-bond acceptors (Lipinski definition) is 5. The predicted molar refractivity (Wildman–Crippen MR) is 51.2 cm³/mol. The zero-order valence-electron chi connectivity index (χ0n) is 8.11. The van der Waals surface area contributed by atoms with Crippen LogP contribution in [0.2, 0.25) is 0 Å². The Morgan fingerprint density at radius 3 is 2.93 bits per heavy atom. The second-order valence-corrected chi connectivity index (χ2v) is 2.50. The summed E-state index contributed by atoms with van der Waals surface area (Å²) < 4.78 is 9.78. The van der Waals surface area contributed by atoms with Crippen LogP contribution in [0.4, 0.5) is 5.82 Å². The Morgan fingerprint density at radius 1 is 1.64 bits per heavy atom. The highest BCUT2D eigenvalue weighted by molar-refractivity contribution is 5.93. The Bertz CT molecular complexity index is 339. The number of rotatable bonds is 3. The normalized spacial score (nSPS) is 9.57. The molecule has 14 heavy (non-hydrogen) atoms. The van der Waals surface area contributed by atoms with E-state index in [-0.39, 0.29) is 11.6 Å². The first-order valence-corrected chi connectivity index (χ1v) is 4.16. The standard InChI is InChI=1S/C9H12N2O3/c1-3-14-9(12)6-4-5-11-8(10)7(6)13-2/h4-5H,3H2,1-2H3,(H2,10,11). The number of esters is 1. The zero-order chi connectivity index (χ0) is 10.6. The number of nitrogens with two attached hydrogens (primary N) is 1. The molecule has 0 saturated carbocycles. The van der Waals surface area contributed by atoms with E-state index in [0.29, 0.717) is 12.2 Å². The lowest BCUT2D eigenvalue weighted by Gasteiger charge is -2.08.